The van der Waals surface area contributed by atoms with Gasteiger partial charge in [-0.15, -0.1) is 0 Å². The van der Waals surface area contributed by atoms with Gasteiger partial charge in [0.2, 0.25) is 11.6 Å². The van der Waals surface area contributed by atoms with Crippen molar-refractivity contribution in [1.82, 2.24) is 5.32 Å². The lowest BCUT2D eigenvalue weighted by Gasteiger charge is -2.34. The quantitative estimate of drug-likeness (QED) is 0.411. The fourth-order valence-electron chi connectivity index (χ4n) is 4.59. The number of nitrogens with one attached hydrogen (secondary N) is 2. The number of benzene rings is 2. The predicted octanol–water partition coefficient (Wildman–Crippen LogP) is 3.79. The molecule has 31 heavy (non-hydrogen) atoms. The van der Waals surface area contributed by atoms with Gasteiger partial charge in [0, 0.05) is 21.5 Å². The molecular formula is C22H27ClN6O2. The molecule has 0 aromatic heterocycles. The van der Waals surface area contributed by atoms with Gasteiger partial charge in [0.05, 0.1) is 11.1 Å². The summed E-state index contributed by atoms with van der Waals surface area (Å²) in [6.07, 6.45) is 5.74. The van der Waals surface area contributed by atoms with Crippen molar-refractivity contribution in [1.29, 1.82) is 0 Å². The van der Waals surface area contributed by atoms with Crippen LogP contribution in [0.4, 0.5) is 5.69 Å². The first-order valence-electron chi connectivity index (χ1n) is 10.5. The zero-order valence-electron chi connectivity index (χ0n) is 17.2. The lowest BCUT2D eigenvalue weighted by atomic mass is 9.77. The van der Waals surface area contributed by atoms with E-state index in [9.17, 15) is 10.1 Å². The Hall–Kier alpha value is -2.68. The number of fused-ring (bicyclic) bond motifs is 1. The lowest BCUT2D eigenvalue weighted by molar-refractivity contribution is -0.436. The SMILES string of the molecule is NCC1CCC(CC2(N)N=C(Nc3ccc(Cl)c4ccccc34)NC=C2[N+](=O)[O-])CC1. The zero-order valence-corrected chi connectivity index (χ0v) is 17.9. The molecule has 1 heterocycles. The molecule has 1 fully saturated rings. The van der Waals surface area contributed by atoms with E-state index in [0.29, 0.717) is 29.9 Å². The monoisotopic (exact) mass is 442 g/mol. The molecule has 6 N–H and O–H groups in total. The Labute approximate surface area is 185 Å². The number of aliphatic imine (C=N–C) groups is 1. The van der Waals surface area contributed by atoms with Crippen LogP contribution in [-0.4, -0.2) is 23.1 Å². The van der Waals surface area contributed by atoms with E-state index < -0.39 is 10.6 Å². The topological polar surface area (TPSA) is 132 Å². The van der Waals surface area contributed by atoms with Crippen LogP contribution in [0.2, 0.25) is 5.02 Å². The van der Waals surface area contributed by atoms with E-state index in [-0.39, 0.29) is 11.6 Å². The molecule has 164 valence electrons. The maximum absolute atomic E-state index is 11.7. The van der Waals surface area contributed by atoms with Crippen molar-refractivity contribution in [3.63, 3.8) is 0 Å². The van der Waals surface area contributed by atoms with Gasteiger partial charge in [-0.05, 0) is 62.6 Å². The van der Waals surface area contributed by atoms with Crippen molar-refractivity contribution in [3.05, 3.63) is 63.4 Å². The highest BCUT2D eigenvalue weighted by Gasteiger charge is 2.44. The number of hydrogen-bond acceptors (Lipinski definition) is 7. The average molecular weight is 443 g/mol. The lowest BCUT2D eigenvalue weighted by Crippen LogP contribution is -2.51. The van der Waals surface area contributed by atoms with Crippen LogP contribution >= 0.6 is 11.6 Å². The number of hydrogen-bond donors (Lipinski definition) is 4. The first-order chi connectivity index (χ1) is 14.9. The van der Waals surface area contributed by atoms with Crippen LogP contribution in [0, 0.1) is 22.0 Å². The standard InChI is InChI=1S/C22H27ClN6O2/c23-18-9-10-19(17-4-2-1-3-16(17)18)27-21-26-13-20(29(30)31)22(25,28-21)11-14-5-7-15(12-24)8-6-14/h1-4,9-10,13-15H,5-8,11-12,24-25H2,(H2,26,27,28). The van der Waals surface area contributed by atoms with E-state index in [2.05, 4.69) is 15.6 Å². The summed E-state index contributed by atoms with van der Waals surface area (Å²) in [5.74, 6) is 1.18. The largest absolute Gasteiger partial charge is 0.330 e. The summed E-state index contributed by atoms with van der Waals surface area (Å²) in [5, 5.41) is 20.3. The van der Waals surface area contributed by atoms with Crippen LogP contribution in [0.25, 0.3) is 10.8 Å². The predicted molar refractivity (Wildman–Crippen MR) is 124 cm³/mol. The summed E-state index contributed by atoms with van der Waals surface area (Å²) in [7, 11) is 0. The molecule has 0 spiro atoms. The fourth-order valence-corrected chi connectivity index (χ4v) is 4.81. The summed E-state index contributed by atoms with van der Waals surface area (Å²) in [4.78, 5) is 15.8. The summed E-state index contributed by atoms with van der Waals surface area (Å²) >= 11 is 6.31. The van der Waals surface area contributed by atoms with Gasteiger partial charge < -0.3 is 16.4 Å². The molecule has 0 radical (unpaired) electrons. The molecule has 1 aliphatic heterocycles. The van der Waals surface area contributed by atoms with Crippen LogP contribution in [0.15, 0.2) is 53.3 Å². The Kier molecular flexibility index (Phi) is 6.13. The smallest absolute Gasteiger partial charge is 0.303 e. The third kappa shape index (κ3) is 4.51. The van der Waals surface area contributed by atoms with Crippen LogP contribution < -0.4 is 22.1 Å². The Morgan fingerprint density at radius 1 is 1.16 bits per heavy atom. The number of nitrogens with zero attached hydrogens (tertiary/aromatic N) is 2. The van der Waals surface area contributed by atoms with Crippen LogP contribution in [0.5, 0.6) is 0 Å². The molecule has 1 saturated carbocycles. The van der Waals surface area contributed by atoms with Gasteiger partial charge in [-0.2, -0.15) is 0 Å². The average Bonchev–Trinajstić information content (AvgIpc) is 2.76. The van der Waals surface area contributed by atoms with Crippen LogP contribution in [0.1, 0.15) is 32.1 Å². The van der Waals surface area contributed by atoms with E-state index in [1.807, 2.05) is 30.3 Å². The summed E-state index contributed by atoms with van der Waals surface area (Å²) in [6.45, 7) is 0.686. The fraction of sp³-hybridized carbons (Fsp3) is 0.409. The number of rotatable bonds is 5. The van der Waals surface area contributed by atoms with Crippen LogP contribution in [0.3, 0.4) is 0 Å². The highest BCUT2D eigenvalue weighted by Crippen LogP contribution is 2.36. The minimum atomic E-state index is -1.40. The normalized spacial score (nSPS) is 26.0. The summed E-state index contributed by atoms with van der Waals surface area (Å²) < 4.78 is 0. The Morgan fingerprint density at radius 3 is 2.52 bits per heavy atom. The molecule has 0 saturated heterocycles. The molecule has 0 bridgehead atoms. The van der Waals surface area contributed by atoms with Gasteiger partial charge in [0.15, 0.2) is 0 Å². The molecule has 2 aliphatic rings. The van der Waals surface area contributed by atoms with E-state index in [4.69, 9.17) is 23.1 Å². The number of nitrogens with two attached hydrogens (primary N) is 2. The number of halogens is 1. The Bertz CT molecular complexity index is 1050. The molecule has 2 aromatic rings. The van der Waals surface area contributed by atoms with Gasteiger partial charge in [-0.3, -0.25) is 15.8 Å². The molecule has 2 aromatic carbocycles. The van der Waals surface area contributed by atoms with Gasteiger partial charge in [0.25, 0.3) is 0 Å². The second-order valence-corrected chi connectivity index (χ2v) is 8.81. The molecule has 0 amide bonds. The maximum Gasteiger partial charge on any atom is 0.303 e. The van der Waals surface area contributed by atoms with Crippen molar-refractivity contribution in [2.75, 3.05) is 11.9 Å². The highest BCUT2D eigenvalue weighted by molar-refractivity contribution is 6.36. The molecule has 8 nitrogen and oxygen atoms in total. The van der Waals surface area contributed by atoms with E-state index in [1.54, 1.807) is 6.07 Å². The Balaban J connectivity index is 1.59. The zero-order chi connectivity index (χ0) is 22.0. The second kappa shape index (κ2) is 8.82. The minimum absolute atomic E-state index is 0.125. The Morgan fingerprint density at radius 2 is 1.84 bits per heavy atom. The maximum atomic E-state index is 11.7. The van der Waals surface area contributed by atoms with Crippen molar-refractivity contribution < 1.29 is 4.92 Å². The number of anilines is 1. The third-order valence-corrected chi connectivity index (χ3v) is 6.65. The summed E-state index contributed by atoms with van der Waals surface area (Å²) in [5.41, 5.74) is 11.6. The van der Waals surface area contributed by atoms with Crippen molar-refractivity contribution in [2.24, 2.45) is 28.3 Å². The van der Waals surface area contributed by atoms with E-state index in [1.165, 1.54) is 6.20 Å². The van der Waals surface area contributed by atoms with Crippen molar-refractivity contribution >= 4 is 34.0 Å². The van der Waals surface area contributed by atoms with Gasteiger partial charge in [-0.1, -0.05) is 35.9 Å². The summed E-state index contributed by atoms with van der Waals surface area (Å²) in [6, 6.07) is 11.4. The minimum Gasteiger partial charge on any atom is -0.330 e. The van der Waals surface area contributed by atoms with Crippen LogP contribution in [-0.2, 0) is 0 Å². The first-order valence-corrected chi connectivity index (χ1v) is 10.9. The van der Waals surface area contributed by atoms with Gasteiger partial charge in [-0.25, -0.2) is 4.99 Å². The molecule has 1 aliphatic carbocycles. The number of guanidine groups is 1. The third-order valence-electron chi connectivity index (χ3n) is 6.32. The van der Waals surface area contributed by atoms with Gasteiger partial charge >= 0.3 is 5.70 Å². The first kappa shape index (κ1) is 21.5. The van der Waals surface area contributed by atoms with E-state index in [0.717, 1.165) is 42.1 Å². The molecule has 4 rings (SSSR count). The molecule has 1 atom stereocenters. The number of nitro groups is 1. The highest BCUT2D eigenvalue weighted by atomic mass is 35.5. The molecular weight excluding hydrogens is 416 g/mol. The van der Waals surface area contributed by atoms with Crippen molar-refractivity contribution in [3.8, 4) is 0 Å². The van der Waals surface area contributed by atoms with E-state index >= 15 is 0 Å². The van der Waals surface area contributed by atoms with Crippen molar-refractivity contribution in [2.45, 2.75) is 37.8 Å². The molecule has 1 unspecified atom stereocenters. The van der Waals surface area contributed by atoms with Gasteiger partial charge in [0.1, 0.15) is 0 Å². The second-order valence-electron chi connectivity index (χ2n) is 8.41. The molecule has 9 heteroatoms.